The van der Waals surface area contributed by atoms with Gasteiger partial charge < -0.3 is 14.6 Å². The minimum Gasteiger partial charge on any atom is -0.495 e. The van der Waals surface area contributed by atoms with Gasteiger partial charge in [0.2, 0.25) is 5.91 Å². The van der Waals surface area contributed by atoms with Gasteiger partial charge in [-0.1, -0.05) is 29.4 Å². The highest BCUT2D eigenvalue weighted by molar-refractivity contribution is 8.00. The Labute approximate surface area is 150 Å². The number of methoxy groups -OCH3 is 1. The molecule has 0 aliphatic rings. The van der Waals surface area contributed by atoms with E-state index in [4.69, 9.17) is 16.3 Å². The first kappa shape index (κ1) is 18.4. The summed E-state index contributed by atoms with van der Waals surface area (Å²) in [5, 5.41) is 11.8. The van der Waals surface area contributed by atoms with Gasteiger partial charge in [-0.2, -0.15) is 0 Å². The number of anilines is 1. The van der Waals surface area contributed by atoms with Crippen molar-refractivity contribution in [2.24, 2.45) is 0 Å². The van der Waals surface area contributed by atoms with Crippen LogP contribution < -0.4 is 10.1 Å². The maximum atomic E-state index is 12.5. The van der Waals surface area contributed by atoms with Gasteiger partial charge in [-0.15, -0.1) is 16.8 Å². The molecule has 1 aromatic heterocycles. The largest absolute Gasteiger partial charge is 0.495 e. The molecule has 0 unspecified atom stereocenters. The number of thioether (sulfide) groups is 1. The van der Waals surface area contributed by atoms with Gasteiger partial charge in [0.1, 0.15) is 11.6 Å². The highest BCUT2D eigenvalue weighted by Crippen LogP contribution is 2.29. The van der Waals surface area contributed by atoms with Crippen molar-refractivity contribution in [3.8, 4) is 5.75 Å². The second-order valence-corrected chi connectivity index (χ2v) is 6.77. The molecule has 1 aromatic carbocycles. The summed E-state index contributed by atoms with van der Waals surface area (Å²) in [4.78, 5) is 12.5. The summed E-state index contributed by atoms with van der Waals surface area (Å²) in [5.74, 6) is 1.16. The van der Waals surface area contributed by atoms with Gasteiger partial charge in [0.05, 0.1) is 18.0 Å². The summed E-state index contributed by atoms with van der Waals surface area (Å²) < 4.78 is 7.14. The monoisotopic (exact) mass is 366 g/mol. The molecule has 0 saturated carbocycles. The number of ether oxygens (including phenoxy) is 1. The Morgan fingerprint density at radius 1 is 1.54 bits per heavy atom. The summed E-state index contributed by atoms with van der Waals surface area (Å²) in [6.45, 7) is 7.99. The molecule has 6 nitrogen and oxygen atoms in total. The van der Waals surface area contributed by atoms with Crippen LogP contribution in [0, 0.1) is 6.92 Å². The number of rotatable bonds is 7. The smallest absolute Gasteiger partial charge is 0.237 e. The molecule has 0 fully saturated rings. The van der Waals surface area contributed by atoms with E-state index in [1.165, 1.54) is 18.9 Å². The van der Waals surface area contributed by atoms with Crippen molar-refractivity contribution >= 4 is 35.0 Å². The second-order valence-electron chi connectivity index (χ2n) is 5.02. The van der Waals surface area contributed by atoms with Crippen LogP contribution in [0.5, 0.6) is 5.75 Å². The van der Waals surface area contributed by atoms with Crippen molar-refractivity contribution in [2.75, 3.05) is 12.4 Å². The summed E-state index contributed by atoms with van der Waals surface area (Å²) in [7, 11) is 1.54. The fourth-order valence-corrected chi connectivity index (χ4v) is 3.09. The lowest BCUT2D eigenvalue weighted by molar-refractivity contribution is -0.115. The number of allylic oxidation sites excluding steroid dienone is 1. The molecule has 0 radical (unpaired) electrons. The maximum absolute atomic E-state index is 12.5. The average Bonchev–Trinajstić information content (AvgIpc) is 2.88. The number of carbonyl (C=O) groups excluding carboxylic acids is 1. The predicted molar refractivity (Wildman–Crippen MR) is 96.9 cm³/mol. The quantitative estimate of drug-likeness (QED) is 0.599. The Kier molecular flexibility index (Phi) is 6.28. The molecule has 0 aliphatic heterocycles. The van der Waals surface area contributed by atoms with Gasteiger partial charge in [0.25, 0.3) is 0 Å². The van der Waals surface area contributed by atoms with Crippen LogP contribution in [-0.2, 0) is 11.3 Å². The van der Waals surface area contributed by atoms with Crippen molar-refractivity contribution in [3.05, 3.63) is 41.7 Å². The summed E-state index contributed by atoms with van der Waals surface area (Å²) in [6.07, 6.45) is 1.77. The molecular formula is C16H19ClN4O2S. The van der Waals surface area contributed by atoms with Crippen LogP contribution in [0.1, 0.15) is 12.7 Å². The number of nitrogens with zero attached hydrogens (tertiary/aromatic N) is 3. The number of carbonyl (C=O) groups is 1. The van der Waals surface area contributed by atoms with Crippen molar-refractivity contribution < 1.29 is 9.53 Å². The van der Waals surface area contributed by atoms with E-state index < -0.39 is 0 Å². The predicted octanol–water partition coefficient (Wildman–Crippen LogP) is 3.55. The Bertz CT molecular complexity index is 748. The second kappa shape index (κ2) is 8.21. The fraction of sp³-hybridized carbons (Fsp3) is 0.312. The number of aromatic nitrogens is 3. The Morgan fingerprint density at radius 3 is 2.96 bits per heavy atom. The third-order valence-electron chi connectivity index (χ3n) is 3.28. The van der Waals surface area contributed by atoms with Crippen LogP contribution in [0.25, 0.3) is 0 Å². The molecule has 0 bridgehead atoms. The molecule has 1 atom stereocenters. The van der Waals surface area contributed by atoms with Gasteiger partial charge >= 0.3 is 0 Å². The van der Waals surface area contributed by atoms with Crippen LogP contribution in [-0.4, -0.2) is 33.0 Å². The van der Waals surface area contributed by atoms with Crippen molar-refractivity contribution in [1.29, 1.82) is 0 Å². The van der Waals surface area contributed by atoms with Gasteiger partial charge in [-0.25, -0.2) is 0 Å². The number of hydrogen-bond acceptors (Lipinski definition) is 5. The number of benzene rings is 1. The van der Waals surface area contributed by atoms with E-state index in [0.29, 0.717) is 28.2 Å². The van der Waals surface area contributed by atoms with E-state index in [1.54, 1.807) is 31.2 Å². The van der Waals surface area contributed by atoms with Crippen molar-refractivity contribution in [2.45, 2.75) is 30.8 Å². The standard InChI is InChI=1S/C16H19ClN4O2S/c1-5-8-21-11(3)19-20-16(21)24-10(2)15(22)18-13-9-12(17)6-7-14(13)23-4/h5-7,9-10H,1,8H2,2-4H3,(H,18,22)/t10-/m0/s1. The lowest BCUT2D eigenvalue weighted by Gasteiger charge is -2.14. The molecule has 2 rings (SSSR count). The molecule has 1 heterocycles. The lowest BCUT2D eigenvalue weighted by atomic mass is 10.3. The van der Waals surface area contributed by atoms with E-state index in [0.717, 1.165) is 5.82 Å². The van der Waals surface area contributed by atoms with Gasteiger partial charge in [-0.3, -0.25) is 4.79 Å². The molecule has 0 spiro atoms. The first-order valence-corrected chi connectivity index (χ1v) is 8.53. The normalized spacial score (nSPS) is 11.8. The number of aryl methyl sites for hydroxylation is 1. The average molecular weight is 367 g/mol. The van der Waals surface area contributed by atoms with E-state index in [1.807, 2.05) is 11.5 Å². The zero-order valence-corrected chi connectivity index (χ0v) is 15.3. The Balaban J connectivity index is 2.10. The summed E-state index contributed by atoms with van der Waals surface area (Å²) in [5.41, 5.74) is 0.534. The number of nitrogens with one attached hydrogen (secondary N) is 1. The zero-order valence-electron chi connectivity index (χ0n) is 13.7. The van der Waals surface area contributed by atoms with E-state index in [-0.39, 0.29) is 11.2 Å². The van der Waals surface area contributed by atoms with Gasteiger partial charge in [0, 0.05) is 11.6 Å². The Morgan fingerprint density at radius 2 is 2.29 bits per heavy atom. The first-order valence-electron chi connectivity index (χ1n) is 7.28. The molecule has 1 N–H and O–H groups in total. The van der Waals surface area contributed by atoms with Gasteiger partial charge in [-0.05, 0) is 32.0 Å². The fourth-order valence-electron chi connectivity index (χ4n) is 2.01. The first-order chi connectivity index (χ1) is 11.5. The highest BCUT2D eigenvalue weighted by atomic mass is 35.5. The molecular weight excluding hydrogens is 348 g/mol. The molecule has 1 amide bonds. The minimum atomic E-state index is -0.374. The SMILES string of the molecule is C=CCn1c(C)nnc1S[C@@H](C)C(=O)Nc1cc(Cl)ccc1OC. The van der Waals surface area contributed by atoms with E-state index in [9.17, 15) is 4.79 Å². The van der Waals surface area contributed by atoms with Crippen LogP contribution >= 0.6 is 23.4 Å². The number of amides is 1. The zero-order chi connectivity index (χ0) is 17.7. The topological polar surface area (TPSA) is 69.0 Å². The molecule has 128 valence electrons. The number of hydrogen-bond donors (Lipinski definition) is 1. The molecule has 24 heavy (non-hydrogen) atoms. The minimum absolute atomic E-state index is 0.175. The lowest BCUT2D eigenvalue weighted by Crippen LogP contribution is -2.23. The molecule has 0 aliphatic carbocycles. The van der Waals surface area contributed by atoms with Crippen LogP contribution in [0.15, 0.2) is 36.0 Å². The van der Waals surface area contributed by atoms with E-state index >= 15 is 0 Å². The number of halogens is 1. The summed E-state index contributed by atoms with van der Waals surface area (Å²) in [6, 6.07) is 5.06. The van der Waals surface area contributed by atoms with Crippen molar-refractivity contribution in [3.63, 3.8) is 0 Å². The molecule has 0 saturated heterocycles. The highest BCUT2D eigenvalue weighted by Gasteiger charge is 2.20. The molecule has 2 aromatic rings. The van der Waals surface area contributed by atoms with Crippen LogP contribution in [0.2, 0.25) is 5.02 Å². The molecule has 8 heteroatoms. The van der Waals surface area contributed by atoms with Crippen LogP contribution in [0.3, 0.4) is 0 Å². The Hall–Kier alpha value is -1.99. The van der Waals surface area contributed by atoms with Crippen LogP contribution in [0.4, 0.5) is 5.69 Å². The maximum Gasteiger partial charge on any atom is 0.237 e. The van der Waals surface area contributed by atoms with Gasteiger partial charge in [0.15, 0.2) is 5.16 Å². The third kappa shape index (κ3) is 4.30. The van der Waals surface area contributed by atoms with Crippen molar-refractivity contribution in [1.82, 2.24) is 14.8 Å². The third-order valence-corrected chi connectivity index (χ3v) is 4.60. The summed E-state index contributed by atoms with van der Waals surface area (Å²) >= 11 is 7.31. The van der Waals surface area contributed by atoms with E-state index in [2.05, 4.69) is 22.1 Å².